The Morgan fingerprint density at radius 1 is 1.33 bits per heavy atom. The maximum Gasteiger partial charge on any atom is 0.126 e. The zero-order valence-corrected chi connectivity index (χ0v) is 13.0. The molecule has 0 N–H and O–H groups in total. The van der Waals surface area contributed by atoms with Gasteiger partial charge in [0.25, 0.3) is 0 Å². The lowest BCUT2D eigenvalue weighted by Crippen LogP contribution is -2.21. The first-order valence-corrected chi connectivity index (χ1v) is 7.14. The summed E-state index contributed by atoms with van der Waals surface area (Å²) in [5.74, 6) is 0.909. The van der Waals surface area contributed by atoms with E-state index in [-0.39, 0.29) is 0 Å². The fraction of sp³-hybridized carbons (Fsp3) is 0.353. The number of hydrogen-bond acceptors (Lipinski definition) is 3. The Kier molecular flexibility index (Phi) is 5.58. The smallest absolute Gasteiger partial charge is 0.126 e. The molecular formula is C17H23N3O. The van der Waals surface area contributed by atoms with E-state index >= 15 is 0 Å². The van der Waals surface area contributed by atoms with Gasteiger partial charge in [0, 0.05) is 31.9 Å². The summed E-state index contributed by atoms with van der Waals surface area (Å²) in [6.45, 7) is 1.93. The molecule has 4 nitrogen and oxygen atoms in total. The van der Waals surface area contributed by atoms with Crippen molar-refractivity contribution in [2.75, 3.05) is 27.2 Å². The normalized spacial score (nSPS) is 11.4. The quantitative estimate of drug-likeness (QED) is 0.783. The van der Waals surface area contributed by atoms with Crippen molar-refractivity contribution in [3.63, 3.8) is 0 Å². The van der Waals surface area contributed by atoms with Crippen LogP contribution in [-0.2, 0) is 13.5 Å². The van der Waals surface area contributed by atoms with Gasteiger partial charge in [-0.3, -0.25) is 4.68 Å². The largest absolute Gasteiger partial charge is 0.496 e. The van der Waals surface area contributed by atoms with Crippen molar-refractivity contribution in [1.82, 2.24) is 14.7 Å². The van der Waals surface area contributed by atoms with Gasteiger partial charge in [0.1, 0.15) is 5.75 Å². The number of hydrogen-bond donors (Lipinski definition) is 0. The van der Waals surface area contributed by atoms with E-state index in [1.807, 2.05) is 36.1 Å². The van der Waals surface area contributed by atoms with Crippen molar-refractivity contribution in [3.05, 3.63) is 53.9 Å². The van der Waals surface area contributed by atoms with Crippen LogP contribution >= 0.6 is 0 Å². The molecule has 2 aromatic rings. The van der Waals surface area contributed by atoms with Crippen LogP contribution in [0.1, 0.15) is 11.1 Å². The van der Waals surface area contributed by atoms with Crippen LogP contribution in [0.2, 0.25) is 0 Å². The van der Waals surface area contributed by atoms with Crippen LogP contribution in [0, 0.1) is 0 Å². The maximum absolute atomic E-state index is 5.34. The Labute approximate surface area is 126 Å². The molecule has 0 fully saturated rings. The second-order valence-electron chi connectivity index (χ2n) is 5.18. The Morgan fingerprint density at radius 3 is 2.86 bits per heavy atom. The number of likely N-dealkylation sites (N-methyl/N-ethyl adjacent to an activating group) is 1. The van der Waals surface area contributed by atoms with Crippen LogP contribution in [-0.4, -0.2) is 41.9 Å². The topological polar surface area (TPSA) is 30.3 Å². The molecule has 1 aromatic carbocycles. The Morgan fingerprint density at radius 2 is 2.14 bits per heavy atom. The van der Waals surface area contributed by atoms with E-state index in [1.165, 1.54) is 5.56 Å². The molecule has 0 bridgehead atoms. The van der Waals surface area contributed by atoms with Crippen LogP contribution < -0.4 is 4.74 Å². The predicted octanol–water partition coefficient (Wildman–Crippen LogP) is 2.62. The minimum Gasteiger partial charge on any atom is -0.496 e. The SMILES string of the molecule is COc1ccccc1C=CCN(C)CCc1cnn(C)c1. The number of ether oxygens (including phenoxy) is 1. The molecule has 0 aliphatic heterocycles. The summed E-state index contributed by atoms with van der Waals surface area (Å²) in [5.41, 5.74) is 2.39. The molecule has 4 heteroatoms. The minimum absolute atomic E-state index is 0.909. The summed E-state index contributed by atoms with van der Waals surface area (Å²) in [5, 5.41) is 4.19. The highest BCUT2D eigenvalue weighted by Gasteiger charge is 2.00. The van der Waals surface area contributed by atoms with Gasteiger partial charge in [0.15, 0.2) is 0 Å². The average Bonchev–Trinajstić information content (AvgIpc) is 2.91. The summed E-state index contributed by atoms with van der Waals surface area (Å²) < 4.78 is 7.18. The predicted molar refractivity (Wildman–Crippen MR) is 86.4 cm³/mol. The third-order valence-electron chi connectivity index (χ3n) is 3.39. The highest BCUT2D eigenvalue weighted by molar-refractivity contribution is 5.57. The molecule has 112 valence electrons. The van der Waals surface area contributed by atoms with Crippen LogP contribution in [0.5, 0.6) is 5.75 Å². The average molecular weight is 285 g/mol. The summed E-state index contributed by atoms with van der Waals surface area (Å²) in [6.07, 6.45) is 9.30. The van der Waals surface area contributed by atoms with E-state index in [2.05, 4.69) is 41.5 Å². The number of para-hydroxylation sites is 1. The molecule has 0 atom stereocenters. The van der Waals surface area contributed by atoms with E-state index in [0.717, 1.165) is 30.8 Å². The molecule has 1 aromatic heterocycles. The third kappa shape index (κ3) is 4.76. The van der Waals surface area contributed by atoms with Gasteiger partial charge in [-0.2, -0.15) is 5.10 Å². The van der Waals surface area contributed by atoms with Crippen molar-refractivity contribution in [2.24, 2.45) is 7.05 Å². The van der Waals surface area contributed by atoms with Gasteiger partial charge in [0.2, 0.25) is 0 Å². The minimum atomic E-state index is 0.909. The number of nitrogens with zero attached hydrogens (tertiary/aromatic N) is 3. The fourth-order valence-electron chi connectivity index (χ4n) is 2.18. The third-order valence-corrected chi connectivity index (χ3v) is 3.39. The number of aromatic nitrogens is 2. The highest BCUT2D eigenvalue weighted by Crippen LogP contribution is 2.18. The molecule has 0 spiro atoms. The van der Waals surface area contributed by atoms with Crippen LogP contribution in [0.3, 0.4) is 0 Å². The Balaban J connectivity index is 1.80. The van der Waals surface area contributed by atoms with Crippen molar-refractivity contribution in [3.8, 4) is 5.75 Å². The summed E-state index contributed by atoms with van der Waals surface area (Å²) in [7, 11) is 5.78. The summed E-state index contributed by atoms with van der Waals surface area (Å²) in [6, 6.07) is 8.04. The number of benzene rings is 1. The van der Waals surface area contributed by atoms with Gasteiger partial charge in [0.05, 0.1) is 13.3 Å². The van der Waals surface area contributed by atoms with Gasteiger partial charge in [-0.05, 0) is 25.1 Å². The number of rotatable bonds is 7. The standard InChI is InChI=1S/C17H23N3O/c1-19(12-10-15-13-18-20(2)14-15)11-6-8-16-7-4-5-9-17(16)21-3/h4-9,13-14H,10-12H2,1-3H3. The molecule has 2 rings (SSSR count). The Hall–Kier alpha value is -2.07. The summed E-state index contributed by atoms with van der Waals surface area (Å²) >= 11 is 0. The second kappa shape index (κ2) is 7.64. The molecule has 0 aliphatic rings. The molecule has 21 heavy (non-hydrogen) atoms. The van der Waals surface area contributed by atoms with Crippen molar-refractivity contribution < 1.29 is 4.74 Å². The molecule has 0 unspecified atom stereocenters. The van der Waals surface area contributed by atoms with Gasteiger partial charge >= 0.3 is 0 Å². The van der Waals surface area contributed by atoms with Gasteiger partial charge in [-0.25, -0.2) is 0 Å². The lowest BCUT2D eigenvalue weighted by molar-refractivity contribution is 0.375. The number of methoxy groups -OCH3 is 1. The summed E-state index contributed by atoms with van der Waals surface area (Å²) in [4.78, 5) is 2.29. The van der Waals surface area contributed by atoms with Gasteiger partial charge < -0.3 is 9.64 Å². The molecule has 0 amide bonds. The monoisotopic (exact) mass is 285 g/mol. The molecule has 1 heterocycles. The van der Waals surface area contributed by atoms with Crippen LogP contribution in [0.25, 0.3) is 6.08 Å². The van der Waals surface area contributed by atoms with Gasteiger partial charge in [-0.1, -0.05) is 30.4 Å². The first-order valence-electron chi connectivity index (χ1n) is 7.14. The zero-order valence-electron chi connectivity index (χ0n) is 13.0. The molecule has 0 saturated heterocycles. The lowest BCUT2D eigenvalue weighted by atomic mass is 10.2. The van der Waals surface area contributed by atoms with Crippen molar-refractivity contribution in [2.45, 2.75) is 6.42 Å². The lowest BCUT2D eigenvalue weighted by Gasteiger charge is -2.13. The molecule has 0 saturated carbocycles. The first kappa shape index (κ1) is 15.3. The van der Waals surface area contributed by atoms with Gasteiger partial charge in [-0.15, -0.1) is 0 Å². The van der Waals surface area contributed by atoms with E-state index in [1.54, 1.807) is 7.11 Å². The van der Waals surface area contributed by atoms with E-state index in [0.29, 0.717) is 0 Å². The first-order chi connectivity index (χ1) is 10.2. The second-order valence-corrected chi connectivity index (χ2v) is 5.18. The van der Waals surface area contributed by atoms with Crippen LogP contribution in [0.15, 0.2) is 42.7 Å². The van der Waals surface area contributed by atoms with E-state index in [9.17, 15) is 0 Å². The van der Waals surface area contributed by atoms with Crippen LogP contribution in [0.4, 0.5) is 0 Å². The maximum atomic E-state index is 5.34. The molecule has 0 aliphatic carbocycles. The zero-order chi connectivity index (χ0) is 15.1. The molecule has 0 radical (unpaired) electrons. The number of aryl methyl sites for hydroxylation is 1. The van der Waals surface area contributed by atoms with E-state index in [4.69, 9.17) is 4.74 Å². The van der Waals surface area contributed by atoms with E-state index < -0.39 is 0 Å². The highest BCUT2D eigenvalue weighted by atomic mass is 16.5. The molecular weight excluding hydrogens is 262 g/mol. The fourth-order valence-corrected chi connectivity index (χ4v) is 2.18. The van der Waals surface area contributed by atoms with Crippen molar-refractivity contribution in [1.29, 1.82) is 0 Å². The van der Waals surface area contributed by atoms with Crippen molar-refractivity contribution >= 4 is 6.08 Å². The Bertz CT molecular complexity index is 589.